The van der Waals surface area contributed by atoms with Gasteiger partial charge in [-0.15, -0.1) is 0 Å². The van der Waals surface area contributed by atoms with Crippen LogP contribution in [0.3, 0.4) is 0 Å². The monoisotopic (exact) mass is 371 g/mol. The maximum Gasteiger partial charge on any atom is 0.318 e. The number of amides is 4. The van der Waals surface area contributed by atoms with Gasteiger partial charge in [-0.3, -0.25) is 24.6 Å². The SMILES string of the molecule is Cc1ccc(N2C(=O)C(O)(C(=O)NC(N)=O)C3=C2CC(C)(C)CC3=O)cc1. The van der Waals surface area contributed by atoms with Crippen LogP contribution in [-0.4, -0.2) is 34.3 Å². The Bertz CT molecular complexity index is 900. The quantitative estimate of drug-likeness (QED) is 0.665. The van der Waals surface area contributed by atoms with Crippen molar-refractivity contribution in [1.82, 2.24) is 5.32 Å². The molecule has 1 aromatic carbocycles. The van der Waals surface area contributed by atoms with Gasteiger partial charge in [-0.1, -0.05) is 31.5 Å². The zero-order valence-corrected chi connectivity index (χ0v) is 15.3. The highest BCUT2D eigenvalue weighted by molar-refractivity contribution is 6.29. The van der Waals surface area contributed by atoms with Crippen molar-refractivity contribution >= 4 is 29.3 Å². The number of urea groups is 1. The van der Waals surface area contributed by atoms with Crippen LogP contribution in [0.5, 0.6) is 0 Å². The van der Waals surface area contributed by atoms with Crippen LogP contribution in [-0.2, 0) is 14.4 Å². The van der Waals surface area contributed by atoms with Crippen molar-refractivity contribution in [3.8, 4) is 0 Å². The molecule has 1 aliphatic carbocycles. The van der Waals surface area contributed by atoms with Crippen LogP contribution in [0.1, 0.15) is 32.3 Å². The minimum atomic E-state index is -2.79. The van der Waals surface area contributed by atoms with Gasteiger partial charge in [0, 0.05) is 17.8 Å². The number of carbonyl (C=O) groups is 4. The van der Waals surface area contributed by atoms with E-state index >= 15 is 0 Å². The van der Waals surface area contributed by atoms with Crippen molar-refractivity contribution in [3.63, 3.8) is 0 Å². The fraction of sp³-hybridized carbons (Fsp3) is 0.368. The summed E-state index contributed by atoms with van der Waals surface area (Å²) in [5.41, 5.74) is 3.09. The molecule has 142 valence electrons. The molecule has 8 nitrogen and oxygen atoms in total. The molecule has 4 amide bonds. The van der Waals surface area contributed by atoms with Crippen LogP contribution in [0.2, 0.25) is 0 Å². The lowest BCUT2D eigenvalue weighted by Crippen LogP contribution is -2.57. The first kappa shape index (κ1) is 18.8. The number of aliphatic hydroxyl groups is 1. The lowest BCUT2D eigenvalue weighted by Gasteiger charge is -2.32. The van der Waals surface area contributed by atoms with Crippen molar-refractivity contribution in [2.24, 2.45) is 11.1 Å². The van der Waals surface area contributed by atoms with Gasteiger partial charge in [0.05, 0.1) is 5.57 Å². The highest BCUT2D eigenvalue weighted by Crippen LogP contribution is 2.48. The molecule has 1 atom stereocenters. The van der Waals surface area contributed by atoms with Crippen molar-refractivity contribution in [1.29, 1.82) is 0 Å². The number of hydrogen-bond donors (Lipinski definition) is 3. The zero-order chi connectivity index (χ0) is 20.1. The number of hydrogen-bond acceptors (Lipinski definition) is 5. The third-order valence-corrected chi connectivity index (χ3v) is 4.85. The lowest BCUT2D eigenvalue weighted by atomic mass is 9.73. The molecule has 27 heavy (non-hydrogen) atoms. The van der Waals surface area contributed by atoms with Gasteiger partial charge in [-0.25, -0.2) is 4.79 Å². The number of nitrogens with zero attached hydrogens (tertiary/aromatic N) is 1. The van der Waals surface area contributed by atoms with Crippen LogP contribution in [0.15, 0.2) is 35.5 Å². The number of nitrogens with one attached hydrogen (secondary N) is 1. The van der Waals surface area contributed by atoms with Crippen molar-refractivity contribution in [3.05, 3.63) is 41.1 Å². The first-order chi connectivity index (χ1) is 12.5. The summed E-state index contributed by atoms with van der Waals surface area (Å²) in [6, 6.07) is 5.67. The number of Topliss-reactive ketones (excluding diaryl/α,β-unsaturated/α-hetero) is 1. The lowest BCUT2D eigenvalue weighted by molar-refractivity contribution is -0.147. The number of imide groups is 1. The summed E-state index contributed by atoms with van der Waals surface area (Å²) in [6.45, 7) is 5.62. The predicted molar refractivity (Wildman–Crippen MR) is 96.4 cm³/mol. The van der Waals surface area contributed by atoms with Crippen LogP contribution in [0.4, 0.5) is 10.5 Å². The van der Waals surface area contributed by atoms with Crippen molar-refractivity contribution < 1.29 is 24.3 Å². The molecule has 0 saturated heterocycles. The smallest absolute Gasteiger partial charge is 0.318 e. The van der Waals surface area contributed by atoms with Gasteiger partial charge < -0.3 is 10.8 Å². The van der Waals surface area contributed by atoms with E-state index in [9.17, 15) is 24.3 Å². The second-order valence-corrected chi connectivity index (χ2v) is 7.77. The molecular weight excluding hydrogens is 350 g/mol. The third kappa shape index (κ3) is 2.91. The zero-order valence-electron chi connectivity index (χ0n) is 15.3. The maximum atomic E-state index is 13.1. The minimum absolute atomic E-state index is 0.0625. The molecule has 1 heterocycles. The fourth-order valence-corrected chi connectivity index (χ4v) is 3.66. The van der Waals surface area contributed by atoms with Gasteiger partial charge in [-0.05, 0) is 30.9 Å². The third-order valence-electron chi connectivity index (χ3n) is 4.85. The second kappa shape index (κ2) is 6.02. The van der Waals surface area contributed by atoms with E-state index in [-0.39, 0.29) is 17.7 Å². The summed E-state index contributed by atoms with van der Waals surface area (Å²) in [5, 5.41) is 12.7. The van der Waals surface area contributed by atoms with Gasteiger partial charge in [0.15, 0.2) is 5.78 Å². The Morgan fingerprint density at radius 3 is 2.30 bits per heavy atom. The molecule has 8 heteroatoms. The van der Waals surface area contributed by atoms with E-state index in [1.807, 2.05) is 20.8 Å². The molecule has 1 unspecified atom stereocenters. The van der Waals surface area contributed by atoms with Gasteiger partial charge in [0.25, 0.3) is 17.4 Å². The molecule has 0 radical (unpaired) electrons. The first-order valence-corrected chi connectivity index (χ1v) is 8.49. The predicted octanol–water partition coefficient (Wildman–Crippen LogP) is 0.911. The normalized spacial score (nSPS) is 24.1. The topological polar surface area (TPSA) is 130 Å². The van der Waals surface area contributed by atoms with Gasteiger partial charge in [-0.2, -0.15) is 0 Å². The highest BCUT2D eigenvalue weighted by Gasteiger charge is 2.61. The summed E-state index contributed by atoms with van der Waals surface area (Å²) < 4.78 is 0. The molecular formula is C19H21N3O5. The second-order valence-electron chi connectivity index (χ2n) is 7.77. The molecule has 1 aromatic rings. The molecule has 2 aliphatic rings. The van der Waals surface area contributed by atoms with E-state index in [1.165, 1.54) is 4.90 Å². The van der Waals surface area contributed by atoms with Crippen LogP contribution >= 0.6 is 0 Å². The van der Waals surface area contributed by atoms with Crippen LogP contribution in [0, 0.1) is 12.3 Å². The molecule has 0 saturated carbocycles. The van der Waals surface area contributed by atoms with Crippen LogP contribution < -0.4 is 16.0 Å². The number of allylic oxidation sites excluding steroid dienone is 1. The molecule has 0 bridgehead atoms. The van der Waals surface area contributed by atoms with E-state index < -0.39 is 34.6 Å². The minimum Gasteiger partial charge on any atom is -0.368 e. The van der Waals surface area contributed by atoms with Crippen molar-refractivity contribution in [2.45, 2.75) is 39.2 Å². The molecule has 3 rings (SSSR count). The van der Waals surface area contributed by atoms with E-state index in [4.69, 9.17) is 5.73 Å². The van der Waals surface area contributed by atoms with E-state index in [0.29, 0.717) is 12.1 Å². The van der Waals surface area contributed by atoms with Gasteiger partial charge in [0.2, 0.25) is 0 Å². The maximum absolute atomic E-state index is 13.1. The van der Waals surface area contributed by atoms with E-state index in [2.05, 4.69) is 0 Å². The molecule has 0 spiro atoms. The Morgan fingerprint density at radius 1 is 1.15 bits per heavy atom. The fourth-order valence-electron chi connectivity index (χ4n) is 3.66. The number of primary amides is 1. The summed E-state index contributed by atoms with van der Waals surface area (Å²) in [7, 11) is 0. The van der Waals surface area contributed by atoms with E-state index in [1.54, 1.807) is 29.6 Å². The Hall–Kier alpha value is -3.00. The Labute approximate surface area is 156 Å². The number of rotatable bonds is 2. The molecule has 0 fully saturated rings. The molecule has 4 N–H and O–H groups in total. The Balaban J connectivity index is 2.20. The largest absolute Gasteiger partial charge is 0.368 e. The summed E-state index contributed by atoms with van der Waals surface area (Å²) >= 11 is 0. The molecule has 0 aromatic heterocycles. The number of nitrogens with two attached hydrogens (primary N) is 1. The average molecular weight is 371 g/mol. The van der Waals surface area contributed by atoms with E-state index in [0.717, 1.165) is 5.56 Å². The highest BCUT2D eigenvalue weighted by atomic mass is 16.3. The van der Waals surface area contributed by atoms with Crippen LogP contribution in [0.25, 0.3) is 0 Å². The standard InChI is InChI=1S/C19H21N3O5/c1-10-4-6-11(7-5-10)22-12-8-18(2,3)9-13(23)14(12)19(27,16(22)25)15(24)21-17(20)26/h4-7,27H,8-9H2,1-3H3,(H3,20,21,24,26). The Morgan fingerprint density at radius 2 is 1.74 bits per heavy atom. The van der Waals surface area contributed by atoms with Gasteiger partial charge >= 0.3 is 6.03 Å². The summed E-state index contributed by atoms with van der Waals surface area (Å²) in [5.74, 6) is -2.83. The summed E-state index contributed by atoms with van der Waals surface area (Å²) in [4.78, 5) is 50.7. The first-order valence-electron chi connectivity index (χ1n) is 8.49. The number of ketones is 1. The Kier molecular flexibility index (Phi) is 4.19. The number of aryl methyl sites for hydroxylation is 1. The number of anilines is 1. The molecule has 1 aliphatic heterocycles. The van der Waals surface area contributed by atoms with Crippen molar-refractivity contribution in [2.75, 3.05) is 4.90 Å². The number of carbonyl (C=O) groups excluding carboxylic acids is 4. The summed E-state index contributed by atoms with van der Waals surface area (Å²) in [6.07, 6.45) is 0.368. The average Bonchev–Trinajstić information content (AvgIpc) is 2.75. The number of benzene rings is 1. The van der Waals surface area contributed by atoms with Gasteiger partial charge in [0.1, 0.15) is 0 Å².